The lowest BCUT2D eigenvalue weighted by Crippen LogP contribution is -2.48. The molecule has 0 N–H and O–H groups in total. The number of methoxy groups -OCH3 is 1. The Hall–Kier alpha value is -1.59. The first-order chi connectivity index (χ1) is 12.0. The second-order valence-corrected chi connectivity index (χ2v) is 7.01. The van der Waals surface area contributed by atoms with Gasteiger partial charge in [-0.1, -0.05) is 12.1 Å². The highest BCUT2D eigenvalue weighted by molar-refractivity contribution is 5.69. The van der Waals surface area contributed by atoms with Crippen molar-refractivity contribution in [1.29, 1.82) is 0 Å². The molecule has 140 valence electrons. The Labute approximate surface area is 151 Å². The summed E-state index contributed by atoms with van der Waals surface area (Å²) in [6.45, 7) is 5.75. The fourth-order valence-electron chi connectivity index (χ4n) is 3.72. The smallest absolute Gasteiger partial charge is 0.305 e. The molecule has 0 aromatic heterocycles. The minimum Gasteiger partial charge on any atom is -0.494 e. The van der Waals surface area contributed by atoms with Crippen LogP contribution in [0.2, 0.25) is 0 Å². The average molecular weight is 348 g/mol. The van der Waals surface area contributed by atoms with Crippen molar-refractivity contribution < 1.29 is 14.3 Å². The summed E-state index contributed by atoms with van der Waals surface area (Å²) in [5.74, 6) is 1.31. The Balaban J connectivity index is 1.94. The van der Waals surface area contributed by atoms with Gasteiger partial charge in [-0.15, -0.1) is 0 Å². The van der Waals surface area contributed by atoms with Gasteiger partial charge in [0.25, 0.3) is 0 Å². The third kappa shape index (κ3) is 6.01. The first-order valence-corrected chi connectivity index (χ1v) is 9.20. The molecule has 0 amide bonds. The molecule has 1 saturated heterocycles. The molecule has 1 aromatic rings. The summed E-state index contributed by atoms with van der Waals surface area (Å²) >= 11 is 0. The van der Waals surface area contributed by atoms with E-state index in [0.29, 0.717) is 25.0 Å². The number of esters is 1. The van der Waals surface area contributed by atoms with E-state index < -0.39 is 0 Å². The summed E-state index contributed by atoms with van der Waals surface area (Å²) in [5, 5.41) is 0. The van der Waals surface area contributed by atoms with Gasteiger partial charge in [0.05, 0.1) is 13.7 Å². The Kier molecular flexibility index (Phi) is 7.72. The van der Waals surface area contributed by atoms with Crippen LogP contribution in [0.5, 0.6) is 5.75 Å². The van der Waals surface area contributed by atoms with Crippen molar-refractivity contribution >= 4 is 5.97 Å². The molecule has 0 saturated carbocycles. The van der Waals surface area contributed by atoms with E-state index in [1.807, 2.05) is 19.1 Å². The normalized spacial score (nSPS) is 21.3. The molecule has 0 spiro atoms. The molecule has 25 heavy (non-hydrogen) atoms. The van der Waals surface area contributed by atoms with Gasteiger partial charge in [-0.25, -0.2) is 0 Å². The molecule has 1 aliphatic heterocycles. The van der Waals surface area contributed by atoms with Crippen molar-refractivity contribution in [2.75, 3.05) is 40.9 Å². The summed E-state index contributed by atoms with van der Waals surface area (Å²) in [6, 6.07) is 8.90. The molecular formula is C20H32N2O3. The molecule has 0 aliphatic carbocycles. The second-order valence-electron chi connectivity index (χ2n) is 7.01. The lowest BCUT2D eigenvalue weighted by Gasteiger charge is -2.41. The zero-order valence-electron chi connectivity index (χ0n) is 16.0. The number of hydrogen-bond donors (Lipinski definition) is 0. The maximum absolute atomic E-state index is 11.5. The molecule has 1 fully saturated rings. The van der Waals surface area contributed by atoms with Crippen LogP contribution in [-0.2, 0) is 16.1 Å². The van der Waals surface area contributed by atoms with Crippen LogP contribution in [0.4, 0.5) is 0 Å². The molecule has 5 heteroatoms. The lowest BCUT2D eigenvalue weighted by atomic mass is 9.87. The highest BCUT2D eigenvalue weighted by atomic mass is 16.5. The van der Waals surface area contributed by atoms with Crippen molar-refractivity contribution in [3.63, 3.8) is 0 Å². The van der Waals surface area contributed by atoms with E-state index in [-0.39, 0.29) is 5.97 Å². The van der Waals surface area contributed by atoms with Crippen molar-refractivity contribution in [2.24, 2.45) is 5.92 Å². The first kappa shape index (κ1) is 19.7. The number of hydrogen-bond acceptors (Lipinski definition) is 5. The fourth-order valence-corrected chi connectivity index (χ4v) is 3.72. The fraction of sp³-hybridized carbons (Fsp3) is 0.650. The summed E-state index contributed by atoms with van der Waals surface area (Å²) < 4.78 is 10.3. The van der Waals surface area contributed by atoms with Gasteiger partial charge in [0.2, 0.25) is 0 Å². The summed E-state index contributed by atoms with van der Waals surface area (Å²) in [4.78, 5) is 16.3. The maximum Gasteiger partial charge on any atom is 0.305 e. The Morgan fingerprint density at radius 3 is 2.60 bits per heavy atom. The summed E-state index contributed by atoms with van der Waals surface area (Å²) in [7, 11) is 5.74. The van der Waals surface area contributed by atoms with Gasteiger partial charge in [0.1, 0.15) is 5.75 Å². The van der Waals surface area contributed by atoms with Crippen LogP contribution in [0, 0.1) is 5.92 Å². The highest BCUT2D eigenvalue weighted by Gasteiger charge is 2.30. The molecule has 0 radical (unpaired) electrons. The van der Waals surface area contributed by atoms with E-state index in [1.165, 1.54) is 12.7 Å². The number of benzene rings is 1. The van der Waals surface area contributed by atoms with Gasteiger partial charge < -0.3 is 14.4 Å². The third-order valence-electron chi connectivity index (χ3n) is 5.03. The molecule has 1 aromatic carbocycles. The standard InChI is InChI=1S/C20H32N2O3/c1-5-25-18-9-6-16(7-10-18)14-22-13-12-19(21(2)3)17(15-22)8-11-20(23)24-4/h6-7,9-10,17,19H,5,8,11-15H2,1-4H3/t17-,19+/m0/s1. The first-order valence-electron chi connectivity index (χ1n) is 9.20. The van der Waals surface area contributed by atoms with E-state index in [4.69, 9.17) is 9.47 Å². The van der Waals surface area contributed by atoms with Gasteiger partial charge >= 0.3 is 5.97 Å². The molecule has 0 unspecified atom stereocenters. The van der Waals surface area contributed by atoms with E-state index in [9.17, 15) is 4.79 Å². The lowest BCUT2D eigenvalue weighted by molar-refractivity contribution is -0.141. The van der Waals surface area contributed by atoms with E-state index in [0.717, 1.165) is 38.2 Å². The van der Waals surface area contributed by atoms with E-state index in [1.54, 1.807) is 0 Å². The largest absolute Gasteiger partial charge is 0.494 e. The van der Waals surface area contributed by atoms with Crippen LogP contribution in [0.25, 0.3) is 0 Å². The topological polar surface area (TPSA) is 42.0 Å². The molecular weight excluding hydrogens is 316 g/mol. The van der Waals surface area contributed by atoms with Crippen LogP contribution in [0.15, 0.2) is 24.3 Å². The number of piperidine rings is 1. The van der Waals surface area contributed by atoms with Gasteiger partial charge in [-0.2, -0.15) is 0 Å². The quantitative estimate of drug-likeness (QED) is 0.676. The van der Waals surface area contributed by atoms with Crippen LogP contribution in [0.1, 0.15) is 31.7 Å². The zero-order chi connectivity index (χ0) is 18.2. The number of rotatable bonds is 8. The van der Waals surface area contributed by atoms with Crippen molar-refractivity contribution in [1.82, 2.24) is 9.80 Å². The SMILES string of the molecule is CCOc1ccc(CN2CC[C@@H](N(C)C)[C@@H](CCC(=O)OC)C2)cc1. The molecule has 1 heterocycles. The Morgan fingerprint density at radius 2 is 2.00 bits per heavy atom. The maximum atomic E-state index is 11.5. The third-order valence-corrected chi connectivity index (χ3v) is 5.03. The Bertz CT molecular complexity index is 530. The van der Waals surface area contributed by atoms with Crippen LogP contribution >= 0.6 is 0 Å². The summed E-state index contributed by atoms with van der Waals surface area (Å²) in [6.07, 6.45) is 2.52. The number of carbonyl (C=O) groups is 1. The monoisotopic (exact) mass is 348 g/mol. The van der Waals surface area contributed by atoms with E-state index in [2.05, 4.69) is 36.0 Å². The zero-order valence-corrected chi connectivity index (χ0v) is 16.0. The van der Waals surface area contributed by atoms with E-state index >= 15 is 0 Å². The van der Waals surface area contributed by atoms with Crippen molar-refractivity contribution in [2.45, 2.75) is 38.8 Å². The molecule has 0 bridgehead atoms. The highest BCUT2D eigenvalue weighted by Crippen LogP contribution is 2.26. The molecule has 2 rings (SSSR count). The predicted octanol–water partition coefficient (Wildman–Crippen LogP) is 2.79. The number of carbonyl (C=O) groups excluding carboxylic acids is 1. The Morgan fingerprint density at radius 1 is 1.28 bits per heavy atom. The van der Waals surface area contributed by atoms with Crippen molar-refractivity contribution in [3.05, 3.63) is 29.8 Å². The van der Waals surface area contributed by atoms with Crippen LogP contribution in [0.3, 0.4) is 0 Å². The predicted molar refractivity (Wildman–Crippen MR) is 99.7 cm³/mol. The van der Waals surface area contributed by atoms with Crippen molar-refractivity contribution in [3.8, 4) is 5.75 Å². The average Bonchev–Trinajstić information content (AvgIpc) is 2.61. The number of ether oxygens (including phenoxy) is 2. The van der Waals surface area contributed by atoms with Gasteiger partial charge in [0.15, 0.2) is 0 Å². The number of likely N-dealkylation sites (tertiary alicyclic amines) is 1. The number of nitrogens with zero attached hydrogens (tertiary/aromatic N) is 2. The van der Waals surface area contributed by atoms with Gasteiger partial charge in [0, 0.05) is 25.6 Å². The minimum atomic E-state index is -0.110. The molecule has 1 aliphatic rings. The minimum absolute atomic E-state index is 0.110. The summed E-state index contributed by atoms with van der Waals surface area (Å²) in [5.41, 5.74) is 1.30. The second kappa shape index (κ2) is 9.78. The molecule has 5 nitrogen and oxygen atoms in total. The van der Waals surface area contributed by atoms with Crippen LogP contribution in [-0.4, -0.2) is 62.7 Å². The van der Waals surface area contributed by atoms with Crippen LogP contribution < -0.4 is 4.74 Å². The van der Waals surface area contributed by atoms with Gasteiger partial charge in [-0.3, -0.25) is 9.69 Å². The van der Waals surface area contributed by atoms with Gasteiger partial charge in [-0.05, 0) is 64.0 Å². The molecule has 2 atom stereocenters.